The van der Waals surface area contributed by atoms with Gasteiger partial charge in [0.15, 0.2) is 0 Å². The van der Waals surface area contributed by atoms with Crippen LogP contribution >= 0.6 is 0 Å². The van der Waals surface area contributed by atoms with Gasteiger partial charge >= 0.3 is 0 Å². The summed E-state index contributed by atoms with van der Waals surface area (Å²) in [7, 11) is -2.00. The Kier molecular flexibility index (Phi) is 5.55. The van der Waals surface area contributed by atoms with Crippen molar-refractivity contribution in [3.8, 4) is 0 Å². The summed E-state index contributed by atoms with van der Waals surface area (Å²) < 4.78 is 27.5. The average Bonchev–Trinajstić information content (AvgIpc) is 2.35. The molecule has 1 aliphatic heterocycles. The molecule has 0 unspecified atom stereocenters. The molecule has 0 aromatic heterocycles. The molecule has 1 atom stereocenters. The molecule has 106 valence electrons. The SMILES string of the molecule is CCN(CC(=O)NC)S(=O)(=O)N1CCC[C@H](C)C1. The Morgan fingerprint density at radius 3 is 2.67 bits per heavy atom. The molecule has 6 nitrogen and oxygen atoms in total. The van der Waals surface area contributed by atoms with Crippen LogP contribution in [0.15, 0.2) is 0 Å². The van der Waals surface area contributed by atoms with Crippen LogP contribution in [0.5, 0.6) is 0 Å². The molecule has 1 rings (SSSR count). The molecule has 1 amide bonds. The van der Waals surface area contributed by atoms with Gasteiger partial charge in [0.1, 0.15) is 0 Å². The van der Waals surface area contributed by atoms with Gasteiger partial charge in [-0.1, -0.05) is 13.8 Å². The van der Waals surface area contributed by atoms with Crippen LogP contribution in [0.1, 0.15) is 26.7 Å². The first kappa shape index (κ1) is 15.4. The second-order valence-electron chi connectivity index (χ2n) is 4.71. The Bertz CT molecular complexity index is 383. The number of hydrogen-bond donors (Lipinski definition) is 1. The minimum atomic E-state index is -3.51. The quantitative estimate of drug-likeness (QED) is 0.771. The molecule has 7 heteroatoms. The summed E-state index contributed by atoms with van der Waals surface area (Å²) in [4.78, 5) is 11.3. The molecule has 1 saturated heterocycles. The van der Waals surface area contributed by atoms with E-state index in [1.165, 1.54) is 15.7 Å². The minimum absolute atomic E-state index is 0.111. The van der Waals surface area contributed by atoms with Crippen molar-refractivity contribution in [1.82, 2.24) is 13.9 Å². The fourth-order valence-corrected chi connectivity index (χ4v) is 3.85. The van der Waals surface area contributed by atoms with Crippen LogP contribution < -0.4 is 5.32 Å². The molecule has 0 saturated carbocycles. The number of nitrogens with zero attached hydrogens (tertiary/aromatic N) is 2. The van der Waals surface area contributed by atoms with E-state index in [1.54, 1.807) is 6.92 Å². The van der Waals surface area contributed by atoms with Gasteiger partial charge in [-0.15, -0.1) is 0 Å². The van der Waals surface area contributed by atoms with Crippen LogP contribution in [0.25, 0.3) is 0 Å². The summed E-state index contributed by atoms with van der Waals surface area (Å²) in [5.74, 6) is 0.0951. The first-order chi connectivity index (χ1) is 8.41. The second kappa shape index (κ2) is 6.49. The van der Waals surface area contributed by atoms with Gasteiger partial charge in [0.25, 0.3) is 10.2 Å². The van der Waals surface area contributed by atoms with E-state index in [2.05, 4.69) is 12.2 Å². The van der Waals surface area contributed by atoms with Crippen LogP contribution in [-0.4, -0.2) is 56.2 Å². The Balaban J connectivity index is 2.78. The van der Waals surface area contributed by atoms with Crippen molar-refractivity contribution < 1.29 is 13.2 Å². The summed E-state index contributed by atoms with van der Waals surface area (Å²) in [6.45, 7) is 5.09. The molecule has 0 bridgehead atoms. The van der Waals surface area contributed by atoms with E-state index in [1.807, 2.05) is 0 Å². The lowest BCUT2D eigenvalue weighted by molar-refractivity contribution is -0.120. The Morgan fingerprint density at radius 1 is 1.50 bits per heavy atom. The Labute approximate surface area is 110 Å². The van der Waals surface area contributed by atoms with Crippen molar-refractivity contribution >= 4 is 16.1 Å². The molecule has 1 aliphatic rings. The van der Waals surface area contributed by atoms with E-state index < -0.39 is 10.2 Å². The van der Waals surface area contributed by atoms with Crippen molar-refractivity contribution in [2.24, 2.45) is 5.92 Å². The van der Waals surface area contributed by atoms with Gasteiger partial charge in [0.05, 0.1) is 6.54 Å². The van der Waals surface area contributed by atoms with Crippen LogP contribution in [0, 0.1) is 5.92 Å². The summed E-state index contributed by atoms with van der Waals surface area (Å²) in [6, 6.07) is 0. The van der Waals surface area contributed by atoms with Crippen LogP contribution in [-0.2, 0) is 15.0 Å². The topological polar surface area (TPSA) is 69.7 Å². The van der Waals surface area contributed by atoms with Gasteiger partial charge < -0.3 is 5.32 Å². The fourth-order valence-electron chi connectivity index (χ4n) is 2.11. The van der Waals surface area contributed by atoms with Crippen LogP contribution in [0.4, 0.5) is 0 Å². The van der Waals surface area contributed by atoms with E-state index in [-0.39, 0.29) is 12.5 Å². The fraction of sp³-hybridized carbons (Fsp3) is 0.909. The van der Waals surface area contributed by atoms with Crippen LogP contribution in [0.3, 0.4) is 0 Å². The first-order valence-electron chi connectivity index (χ1n) is 6.37. The molecule has 0 aliphatic carbocycles. The Morgan fingerprint density at radius 2 is 2.17 bits per heavy atom. The predicted octanol–water partition coefficient (Wildman–Crippen LogP) is 0.0310. The molecular weight excluding hydrogens is 254 g/mol. The Hall–Kier alpha value is -0.660. The first-order valence-corrected chi connectivity index (χ1v) is 7.77. The number of likely N-dealkylation sites (N-methyl/N-ethyl adjacent to an activating group) is 2. The van der Waals surface area contributed by atoms with E-state index in [0.717, 1.165) is 12.8 Å². The van der Waals surface area contributed by atoms with Crippen LogP contribution in [0.2, 0.25) is 0 Å². The maximum atomic E-state index is 12.4. The van der Waals surface area contributed by atoms with E-state index >= 15 is 0 Å². The van der Waals surface area contributed by atoms with E-state index in [4.69, 9.17) is 0 Å². The van der Waals surface area contributed by atoms with Gasteiger partial charge in [0.2, 0.25) is 5.91 Å². The molecule has 1 N–H and O–H groups in total. The van der Waals surface area contributed by atoms with Gasteiger partial charge in [-0.3, -0.25) is 4.79 Å². The molecule has 18 heavy (non-hydrogen) atoms. The standard InChI is InChI=1S/C11H23N3O3S/c1-4-13(9-11(15)12-3)18(16,17)14-7-5-6-10(2)8-14/h10H,4-9H2,1-3H3,(H,12,15)/t10-/m0/s1. The third-order valence-corrected chi connectivity index (χ3v) is 5.25. The lowest BCUT2D eigenvalue weighted by atomic mass is 10.0. The molecule has 1 fully saturated rings. The summed E-state index contributed by atoms with van der Waals surface area (Å²) in [6.07, 6.45) is 1.95. The number of amides is 1. The summed E-state index contributed by atoms with van der Waals surface area (Å²) in [5.41, 5.74) is 0. The zero-order valence-corrected chi connectivity index (χ0v) is 12.2. The lowest BCUT2D eigenvalue weighted by Crippen LogP contribution is -2.50. The third-order valence-electron chi connectivity index (χ3n) is 3.22. The number of carbonyl (C=O) groups excluding carboxylic acids is 1. The number of hydrogen-bond acceptors (Lipinski definition) is 3. The van der Waals surface area contributed by atoms with Gasteiger partial charge in [-0.25, -0.2) is 0 Å². The maximum absolute atomic E-state index is 12.4. The molecule has 0 spiro atoms. The van der Waals surface area contributed by atoms with Crippen molar-refractivity contribution in [2.45, 2.75) is 26.7 Å². The number of piperidine rings is 1. The average molecular weight is 277 g/mol. The van der Waals surface area contributed by atoms with Crippen molar-refractivity contribution in [2.75, 3.05) is 33.2 Å². The molecule has 0 aromatic carbocycles. The van der Waals surface area contributed by atoms with Gasteiger partial charge in [-0.05, 0) is 18.8 Å². The van der Waals surface area contributed by atoms with Crippen molar-refractivity contribution in [3.63, 3.8) is 0 Å². The van der Waals surface area contributed by atoms with Crippen molar-refractivity contribution in [1.29, 1.82) is 0 Å². The molecule has 1 heterocycles. The summed E-state index contributed by atoms with van der Waals surface area (Å²) >= 11 is 0. The second-order valence-corrected chi connectivity index (χ2v) is 6.64. The third kappa shape index (κ3) is 3.66. The van der Waals surface area contributed by atoms with Crippen molar-refractivity contribution in [3.05, 3.63) is 0 Å². The highest BCUT2D eigenvalue weighted by Crippen LogP contribution is 2.20. The minimum Gasteiger partial charge on any atom is -0.358 e. The highest BCUT2D eigenvalue weighted by Gasteiger charge is 2.32. The smallest absolute Gasteiger partial charge is 0.282 e. The number of nitrogens with one attached hydrogen (secondary N) is 1. The normalized spacial score (nSPS) is 22.1. The van der Waals surface area contributed by atoms with Gasteiger partial charge in [-0.2, -0.15) is 17.0 Å². The van der Waals surface area contributed by atoms with E-state index in [9.17, 15) is 13.2 Å². The predicted molar refractivity (Wildman–Crippen MR) is 70.2 cm³/mol. The highest BCUT2D eigenvalue weighted by atomic mass is 32.2. The molecule has 0 radical (unpaired) electrons. The summed E-state index contributed by atoms with van der Waals surface area (Å²) in [5, 5.41) is 2.45. The lowest BCUT2D eigenvalue weighted by Gasteiger charge is -2.33. The van der Waals surface area contributed by atoms with E-state index in [0.29, 0.717) is 25.6 Å². The van der Waals surface area contributed by atoms with Gasteiger partial charge in [0, 0.05) is 26.7 Å². The number of carbonyl (C=O) groups is 1. The highest BCUT2D eigenvalue weighted by molar-refractivity contribution is 7.86. The molecular formula is C11H23N3O3S. The zero-order valence-electron chi connectivity index (χ0n) is 11.3. The largest absolute Gasteiger partial charge is 0.358 e. The molecule has 0 aromatic rings. The zero-order chi connectivity index (χ0) is 13.8. The monoisotopic (exact) mass is 277 g/mol. The maximum Gasteiger partial charge on any atom is 0.282 e. The number of rotatable bonds is 5.